The van der Waals surface area contributed by atoms with Gasteiger partial charge in [0.1, 0.15) is 0 Å². The number of hydrogen-bond acceptors (Lipinski definition) is 5. The van der Waals surface area contributed by atoms with Crippen LogP contribution in [0.5, 0.6) is 0 Å². The van der Waals surface area contributed by atoms with Gasteiger partial charge in [-0.1, -0.05) is 59.6 Å². The topological polar surface area (TPSA) is 58.4 Å². The van der Waals surface area contributed by atoms with Crippen LogP contribution in [0.3, 0.4) is 0 Å². The first-order chi connectivity index (χ1) is 13.3. The van der Waals surface area contributed by atoms with Gasteiger partial charge >= 0.3 is 0 Å². The molecule has 0 aliphatic rings. The zero-order valence-corrected chi connectivity index (χ0v) is 19.1. The molecule has 164 valence electrons. The van der Waals surface area contributed by atoms with E-state index < -0.39 is 0 Å². The summed E-state index contributed by atoms with van der Waals surface area (Å²) in [6.07, 6.45) is 7.59. The minimum Gasteiger partial charge on any atom is -0.379 e. The van der Waals surface area contributed by atoms with Crippen LogP contribution in [0.15, 0.2) is 6.20 Å². The highest BCUT2D eigenvalue weighted by atomic mass is 16.5. The lowest BCUT2D eigenvalue weighted by molar-refractivity contribution is 0.00803. The van der Waals surface area contributed by atoms with Gasteiger partial charge < -0.3 is 14.2 Å². The molecule has 0 atom stereocenters. The van der Waals surface area contributed by atoms with Gasteiger partial charge in [0.05, 0.1) is 45.3 Å². The maximum Gasteiger partial charge on any atom is 0.0827 e. The van der Waals surface area contributed by atoms with Crippen molar-refractivity contribution in [2.45, 2.75) is 80.2 Å². The van der Waals surface area contributed by atoms with E-state index in [2.05, 4.69) is 51.9 Å². The smallest absolute Gasteiger partial charge is 0.0827 e. The van der Waals surface area contributed by atoms with Crippen LogP contribution >= 0.6 is 0 Å². The lowest BCUT2D eigenvalue weighted by atomic mass is 9.85. The Morgan fingerprint density at radius 1 is 0.786 bits per heavy atom. The normalized spacial score (nSPS) is 12.6. The third-order valence-electron chi connectivity index (χ3n) is 5.69. The molecule has 0 unspecified atom stereocenters. The molecule has 6 nitrogen and oxygen atoms in total. The van der Waals surface area contributed by atoms with E-state index in [1.807, 2.05) is 10.9 Å². The largest absolute Gasteiger partial charge is 0.379 e. The van der Waals surface area contributed by atoms with E-state index in [0.717, 1.165) is 38.1 Å². The Morgan fingerprint density at radius 3 is 1.93 bits per heavy atom. The van der Waals surface area contributed by atoms with Crippen molar-refractivity contribution in [1.82, 2.24) is 15.0 Å². The molecule has 0 saturated carbocycles. The van der Waals surface area contributed by atoms with Gasteiger partial charge in [-0.15, -0.1) is 5.10 Å². The van der Waals surface area contributed by atoms with E-state index in [9.17, 15) is 0 Å². The SMILES string of the molecule is CCC(C)(C)CCOCCOCCOCCn1cc(CCC(C)(C)CC)nn1. The van der Waals surface area contributed by atoms with Crippen LogP contribution in [0.1, 0.15) is 72.9 Å². The van der Waals surface area contributed by atoms with Crippen LogP contribution in [0, 0.1) is 10.8 Å². The number of aromatic nitrogens is 3. The molecule has 0 radical (unpaired) electrons. The first-order valence-electron chi connectivity index (χ1n) is 10.9. The second-order valence-electron chi connectivity index (χ2n) is 9.10. The van der Waals surface area contributed by atoms with Gasteiger partial charge in [0.15, 0.2) is 0 Å². The van der Waals surface area contributed by atoms with E-state index in [0.29, 0.717) is 43.9 Å². The Hall–Kier alpha value is -0.980. The number of nitrogens with zero attached hydrogens (tertiary/aromatic N) is 3. The molecule has 0 bridgehead atoms. The van der Waals surface area contributed by atoms with E-state index in [4.69, 9.17) is 14.2 Å². The predicted molar refractivity (Wildman–Crippen MR) is 114 cm³/mol. The summed E-state index contributed by atoms with van der Waals surface area (Å²) in [5.74, 6) is 0. The molecule has 1 aromatic rings. The van der Waals surface area contributed by atoms with Crippen LogP contribution in [0.25, 0.3) is 0 Å². The van der Waals surface area contributed by atoms with Crippen LogP contribution in [0.4, 0.5) is 0 Å². The summed E-state index contributed by atoms with van der Waals surface area (Å²) in [4.78, 5) is 0. The summed E-state index contributed by atoms with van der Waals surface area (Å²) < 4.78 is 18.6. The van der Waals surface area contributed by atoms with Gasteiger partial charge in [-0.3, -0.25) is 0 Å². The number of hydrogen-bond donors (Lipinski definition) is 0. The first-order valence-corrected chi connectivity index (χ1v) is 10.9. The molecular weight excluding hydrogens is 354 g/mol. The highest BCUT2D eigenvalue weighted by Gasteiger charge is 2.16. The summed E-state index contributed by atoms with van der Waals surface area (Å²) in [5, 5.41) is 8.44. The zero-order valence-electron chi connectivity index (χ0n) is 19.1. The summed E-state index contributed by atoms with van der Waals surface area (Å²) in [5.41, 5.74) is 1.79. The van der Waals surface area contributed by atoms with Crippen molar-refractivity contribution in [3.05, 3.63) is 11.9 Å². The van der Waals surface area contributed by atoms with Gasteiger partial charge in [0, 0.05) is 12.8 Å². The van der Waals surface area contributed by atoms with E-state index in [-0.39, 0.29) is 0 Å². The Labute approximate surface area is 172 Å². The monoisotopic (exact) mass is 397 g/mol. The van der Waals surface area contributed by atoms with Crippen LogP contribution < -0.4 is 0 Å². The number of ether oxygens (including phenoxy) is 3. The molecule has 1 heterocycles. The van der Waals surface area contributed by atoms with Crippen molar-refractivity contribution >= 4 is 0 Å². The summed E-state index contributed by atoms with van der Waals surface area (Å²) in [6.45, 7) is 18.2. The number of rotatable bonds is 17. The molecule has 1 rings (SSSR count). The standard InChI is InChI=1S/C22H43N3O3/c1-7-21(3,4)10-9-20-19-25(24-23-20)12-14-27-16-18-28-17-15-26-13-11-22(5,6)8-2/h19H,7-18H2,1-6H3. The van der Waals surface area contributed by atoms with Crippen molar-refractivity contribution in [3.63, 3.8) is 0 Å². The molecule has 0 aromatic carbocycles. The fourth-order valence-corrected chi connectivity index (χ4v) is 2.43. The van der Waals surface area contributed by atoms with Crippen molar-refractivity contribution in [1.29, 1.82) is 0 Å². The quantitative estimate of drug-likeness (QED) is 0.362. The second kappa shape index (κ2) is 13.3. The molecule has 0 N–H and O–H groups in total. The first kappa shape index (κ1) is 25.1. The van der Waals surface area contributed by atoms with Crippen LogP contribution in [0.2, 0.25) is 0 Å². The van der Waals surface area contributed by atoms with E-state index in [1.165, 1.54) is 12.8 Å². The van der Waals surface area contributed by atoms with Crippen molar-refractivity contribution in [3.8, 4) is 0 Å². The van der Waals surface area contributed by atoms with Crippen molar-refractivity contribution in [2.75, 3.05) is 39.6 Å². The van der Waals surface area contributed by atoms with E-state index >= 15 is 0 Å². The van der Waals surface area contributed by atoms with Crippen molar-refractivity contribution in [2.24, 2.45) is 10.8 Å². The maximum absolute atomic E-state index is 5.62. The maximum atomic E-state index is 5.62. The van der Waals surface area contributed by atoms with Crippen molar-refractivity contribution < 1.29 is 14.2 Å². The molecular formula is C22H43N3O3. The molecule has 0 spiro atoms. The highest BCUT2D eigenvalue weighted by molar-refractivity contribution is 4.93. The lowest BCUT2D eigenvalue weighted by Crippen LogP contribution is -2.15. The fraction of sp³-hybridized carbons (Fsp3) is 0.909. The molecule has 0 aliphatic carbocycles. The predicted octanol–water partition coefficient (Wildman–Crippen LogP) is 4.52. The fourth-order valence-electron chi connectivity index (χ4n) is 2.43. The van der Waals surface area contributed by atoms with Gasteiger partial charge in [0.2, 0.25) is 0 Å². The van der Waals surface area contributed by atoms with Crippen LogP contribution in [-0.4, -0.2) is 54.6 Å². The Balaban J connectivity index is 1.96. The Bertz CT molecular complexity index is 515. The van der Waals surface area contributed by atoms with Gasteiger partial charge in [-0.25, -0.2) is 4.68 Å². The minimum atomic E-state index is 0.365. The molecule has 28 heavy (non-hydrogen) atoms. The molecule has 0 saturated heterocycles. The van der Waals surface area contributed by atoms with Crippen LogP contribution in [-0.2, 0) is 27.2 Å². The molecule has 0 fully saturated rings. The summed E-state index contributed by atoms with van der Waals surface area (Å²) in [7, 11) is 0. The van der Waals surface area contributed by atoms with Gasteiger partial charge in [-0.05, 0) is 30.1 Å². The Morgan fingerprint density at radius 2 is 1.32 bits per heavy atom. The minimum absolute atomic E-state index is 0.365. The molecule has 0 amide bonds. The molecule has 6 heteroatoms. The summed E-state index contributed by atoms with van der Waals surface area (Å²) in [6, 6.07) is 0. The molecule has 0 aliphatic heterocycles. The number of aryl methyl sites for hydroxylation is 1. The highest BCUT2D eigenvalue weighted by Crippen LogP contribution is 2.26. The van der Waals surface area contributed by atoms with Gasteiger partial charge in [0.25, 0.3) is 0 Å². The molecule has 1 aromatic heterocycles. The third kappa shape index (κ3) is 11.8. The Kier molecular flexibility index (Phi) is 11.9. The third-order valence-corrected chi connectivity index (χ3v) is 5.69. The second-order valence-corrected chi connectivity index (χ2v) is 9.10. The average Bonchev–Trinajstić information content (AvgIpc) is 3.12. The summed E-state index contributed by atoms with van der Waals surface area (Å²) >= 11 is 0. The lowest BCUT2D eigenvalue weighted by Gasteiger charge is -2.22. The average molecular weight is 398 g/mol. The zero-order chi connectivity index (χ0) is 20.9. The van der Waals surface area contributed by atoms with E-state index in [1.54, 1.807) is 0 Å². The van der Waals surface area contributed by atoms with Gasteiger partial charge in [-0.2, -0.15) is 0 Å².